The van der Waals surface area contributed by atoms with Crippen LogP contribution in [0.4, 0.5) is 11.4 Å². The van der Waals surface area contributed by atoms with Crippen molar-refractivity contribution < 1.29 is 9.53 Å². The highest BCUT2D eigenvalue weighted by atomic mass is 35.5. The summed E-state index contributed by atoms with van der Waals surface area (Å²) < 4.78 is 5.25. The molecular formula is C21H25ClN4O2S. The number of benzene rings is 2. The Hall–Kier alpha value is -2.35. The van der Waals surface area contributed by atoms with E-state index >= 15 is 0 Å². The smallest absolute Gasteiger partial charge is 0.261 e. The van der Waals surface area contributed by atoms with Gasteiger partial charge in [-0.25, -0.2) is 0 Å². The van der Waals surface area contributed by atoms with E-state index in [1.54, 1.807) is 18.2 Å². The van der Waals surface area contributed by atoms with Crippen LogP contribution in [0.15, 0.2) is 42.5 Å². The minimum absolute atomic E-state index is 0.205. The zero-order chi connectivity index (χ0) is 20.8. The number of amides is 1. The second-order valence-corrected chi connectivity index (χ2v) is 7.48. The van der Waals surface area contributed by atoms with E-state index in [0.717, 1.165) is 44.1 Å². The summed E-state index contributed by atoms with van der Waals surface area (Å²) >= 11 is 11.9. The molecule has 0 spiro atoms. The average Bonchev–Trinajstić information content (AvgIpc) is 2.74. The predicted molar refractivity (Wildman–Crippen MR) is 122 cm³/mol. The van der Waals surface area contributed by atoms with Gasteiger partial charge in [0.1, 0.15) is 5.75 Å². The summed E-state index contributed by atoms with van der Waals surface area (Å²) in [5.41, 5.74) is 2.09. The molecule has 29 heavy (non-hydrogen) atoms. The molecule has 8 heteroatoms. The average molecular weight is 433 g/mol. The SMILES string of the molecule is CCN1CCN(c2c(Cl)cccc2NC(=S)NC(=O)c2ccccc2OC)CC1. The van der Waals surface area contributed by atoms with Crippen LogP contribution in [-0.4, -0.2) is 55.8 Å². The molecular weight excluding hydrogens is 408 g/mol. The van der Waals surface area contributed by atoms with Gasteiger partial charge in [-0.3, -0.25) is 10.1 Å². The van der Waals surface area contributed by atoms with E-state index in [1.165, 1.54) is 7.11 Å². The number of anilines is 2. The van der Waals surface area contributed by atoms with Gasteiger partial charge in [-0.05, 0) is 43.0 Å². The van der Waals surface area contributed by atoms with Crippen LogP contribution in [0.2, 0.25) is 5.02 Å². The lowest BCUT2D eigenvalue weighted by molar-refractivity contribution is 0.0975. The monoisotopic (exact) mass is 432 g/mol. The highest BCUT2D eigenvalue weighted by molar-refractivity contribution is 7.80. The molecule has 1 heterocycles. The molecule has 1 amide bonds. The van der Waals surface area contributed by atoms with E-state index < -0.39 is 0 Å². The number of likely N-dealkylation sites (N-methyl/N-ethyl adjacent to an activating group) is 1. The van der Waals surface area contributed by atoms with Crippen molar-refractivity contribution in [1.29, 1.82) is 0 Å². The van der Waals surface area contributed by atoms with E-state index in [1.807, 2.05) is 24.3 Å². The van der Waals surface area contributed by atoms with E-state index in [4.69, 9.17) is 28.6 Å². The molecule has 0 radical (unpaired) electrons. The van der Waals surface area contributed by atoms with Crippen LogP contribution in [0.25, 0.3) is 0 Å². The normalized spacial score (nSPS) is 14.4. The first kappa shape index (κ1) is 21.4. The summed E-state index contributed by atoms with van der Waals surface area (Å²) in [5.74, 6) is 0.158. The third-order valence-electron chi connectivity index (χ3n) is 4.95. The van der Waals surface area contributed by atoms with Crippen molar-refractivity contribution in [1.82, 2.24) is 10.2 Å². The molecule has 0 aliphatic carbocycles. The van der Waals surface area contributed by atoms with Crippen LogP contribution in [-0.2, 0) is 0 Å². The number of ether oxygens (including phenoxy) is 1. The van der Waals surface area contributed by atoms with Crippen molar-refractivity contribution in [2.75, 3.05) is 50.1 Å². The van der Waals surface area contributed by atoms with Crippen molar-refractivity contribution in [3.63, 3.8) is 0 Å². The summed E-state index contributed by atoms with van der Waals surface area (Å²) in [5, 5.41) is 6.70. The first-order chi connectivity index (χ1) is 14.0. The number of rotatable bonds is 5. The van der Waals surface area contributed by atoms with Crippen LogP contribution in [0, 0.1) is 0 Å². The minimum Gasteiger partial charge on any atom is -0.496 e. The predicted octanol–water partition coefficient (Wildman–Crippen LogP) is 3.62. The van der Waals surface area contributed by atoms with Crippen LogP contribution in [0.1, 0.15) is 17.3 Å². The molecule has 1 fully saturated rings. The molecule has 2 aromatic carbocycles. The van der Waals surface area contributed by atoms with E-state index in [9.17, 15) is 4.79 Å². The zero-order valence-electron chi connectivity index (χ0n) is 16.6. The quantitative estimate of drug-likeness (QED) is 0.704. The molecule has 0 atom stereocenters. The lowest BCUT2D eigenvalue weighted by atomic mass is 10.2. The first-order valence-electron chi connectivity index (χ1n) is 9.54. The highest BCUT2D eigenvalue weighted by Crippen LogP contribution is 2.34. The fourth-order valence-corrected chi connectivity index (χ4v) is 3.88. The molecule has 3 rings (SSSR count). The number of hydrogen-bond donors (Lipinski definition) is 2. The van der Waals surface area contributed by atoms with Gasteiger partial charge in [0.2, 0.25) is 0 Å². The van der Waals surface area contributed by atoms with Crippen molar-refractivity contribution in [3.8, 4) is 5.75 Å². The van der Waals surface area contributed by atoms with Crippen LogP contribution >= 0.6 is 23.8 Å². The fraction of sp³-hybridized carbons (Fsp3) is 0.333. The number of hydrogen-bond acceptors (Lipinski definition) is 5. The van der Waals surface area contributed by atoms with E-state index in [2.05, 4.69) is 27.4 Å². The molecule has 0 unspecified atom stereocenters. The third-order valence-corrected chi connectivity index (χ3v) is 5.46. The molecule has 0 saturated carbocycles. The van der Waals surface area contributed by atoms with Crippen molar-refractivity contribution in [2.45, 2.75) is 6.92 Å². The lowest BCUT2D eigenvalue weighted by Gasteiger charge is -2.37. The number of nitrogens with zero attached hydrogens (tertiary/aromatic N) is 2. The third kappa shape index (κ3) is 5.18. The second kappa shape index (κ2) is 9.91. The number of piperazine rings is 1. The van der Waals surface area contributed by atoms with Gasteiger partial charge in [0.05, 0.1) is 29.1 Å². The van der Waals surface area contributed by atoms with Crippen molar-refractivity contribution in [3.05, 3.63) is 53.1 Å². The molecule has 154 valence electrons. The van der Waals surface area contributed by atoms with Crippen LogP contribution < -0.4 is 20.3 Å². The Kier molecular flexibility index (Phi) is 7.30. The van der Waals surface area contributed by atoms with Crippen molar-refractivity contribution in [2.24, 2.45) is 0 Å². The number of thiocarbonyl (C=S) groups is 1. The molecule has 0 aromatic heterocycles. The van der Waals surface area contributed by atoms with Gasteiger partial charge in [0.15, 0.2) is 5.11 Å². The first-order valence-corrected chi connectivity index (χ1v) is 10.3. The Morgan fingerprint density at radius 2 is 1.86 bits per heavy atom. The van der Waals surface area contributed by atoms with Gasteiger partial charge >= 0.3 is 0 Å². The maximum Gasteiger partial charge on any atom is 0.261 e. The highest BCUT2D eigenvalue weighted by Gasteiger charge is 2.21. The molecule has 1 aliphatic heterocycles. The minimum atomic E-state index is -0.333. The lowest BCUT2D eigenvalue weighted by Crippen LogP contribution is -2.46. The second-order valence-electron chi connectivity index (χ2n) is 6.67. The topological polar surface area (TPSA) is 56.8 Å². The van der Waals surface area contributed by atoms with Gasteiger partial charge in [0, 0.05) is 26.2 Å². The van der Waals surface area contributed by atoms with Gasteiger partial charge in [-0.1, -0.05) is 36.7 Å². The Morgan fingerprint density at radius 3 is 2.55 bits per heavy atom. The van der Waals surface area contributed by atoms with Gasteiger partial charge in [-0.15, -0.1) is 0 Å². The van der Waals surface area contributed by atoms with Crippen LogP contribution in [0.5, 0.6) is 5.75 Å². The zero-order valence-corrected chi connectivity index (χ0v) is 18.1. The number of carbonyl (C=O) groups excluding carboxylic acids is 1. The summed E-state index contributed by atoms with van der Waals surface area (Å²) in [6.07, 6.45) is 0. The number of halogens is 1. The fourth-order valence-electron chi connectivity index (χ4n) is 3.38. The Balaban J connectivity index is 1.72. The maximum absolute atomic E-state index is 12.6. The van der Waals surface area contributed by atoms with Gasteiger partial charge in [-0.2, -0.15) is 0 Å². The van der Waals surface area contributed by atoms with Gasteiger partial charge < -0.3 is 19.9 Å². The number of para-hydroxylation sites is 2. The summed E-state index contributed by atoms with van der Waals surface area (Å²) in [6.45, 7) is 6.94. The summed E-state index contributed by atoms with van der Waals surface area (Å²) in [6, 6.07) is 12.6. The largest absolute Gasteiger partial charge is 0.496 e. The molecule has 2 N–H and O–H groups in total. The van der Waals surface area contributed by atoms with Crippen LogP contribution in [0.3, 0.4) is 0 Å². The number of carbonyl (C=O) groups is 1. The van der Waals surface area contributed by atoms with Gasteiger partial charge in [0.25, 0.3) is 5.91 Å². The standard InChI is InChI=1S/C21H25ClN4O2S/c1-3-25-11-13-26(14-12-25)19-16(22)8-6-9-17(19)23-21(29)24-20(27)15-7-4-5-10-18(15)28-2/h4-10H,3,11-14H2,1-2H3,(H2,23,24,27,29). The number of nitrogens with one attached hydrogen (secondary N) is 2. The van der Waals surface area contributed by atoms with E-state index in [-0.39, 0.29) is 11.0 Å². The Morgan fingerprint density at radius 1 is 1.14 bits per heavy atom. The summed E-state index contributed by atoms with van der Waals surface area (Å²) in [4.78, 5) is 17.2. The molecule has 0 bridgehead atoms. The molecule has 6 nitrogen and oxygen atoms in total. The van der Waals surface area contributed by atoms with Crippen molar-refractivity contribution >= 4 is 46.2 Å². The Labute approximate surface area is 181 Å². The maximum atomic E-state index is 12.6. The number of methoxy groups -OCH3 is 1. The molecule has 1 saturated heterocycles. The summed E-state index contributed by atoms with van der Waals surface area (Å²) in [7, 11) is 1.53. The Bertz CT molecular complexity index is 885. The molecule has 2 aromatic rings. The molecule has 1 aliphatic rings. The van der Waals surface area contributed by atoms with E-state index in [0.29, 0.717) is 16.3 Å².